The SMILES string of the molecule is C[C@@H](N)C(=O)NC1CCN(Cc2cccnc2)CC1. The molecule has 0 saturated carbocycles. The minimum Gasteiger partial charge on any atom is -0.352 e. The molecule has 1 aliphatic heterocycles. The number of nitrogens with zero attached hydrogens (tertiary/aromatic N) is 2. The van der Waals surface area contributed by atoms with Crippen LogP contribution in [0.1, 0.15) is 25.3 Å². The van der Waals surface area contributed by atoms with Gasteiger partial charge < -0.3 is 11.1 Å². The lowest BCUT2D eigenvalue weighted by Crippen LogP contribution is -2.48. The molecule has 5 heteroatoms. The number of carbonyl (C=O) groups is 1. The lowest BCUT2D eigenvalue weighted by atomic mass is 10.0. The summed E-state index contributed by atoms with van der Waals surface area (Å²) < 4.78 is 0. The number of amides is 1. The van der Waals surface area contributed by atoms with E-state index in [0.717, 1.165) is 32.5 Å². The fraction of sp³-hybridized carbons (Fsp3) is 0.571. The Kier molecular flexibility index (Phi) is 4.87. The summed E-state index contributed by atoms with van der Waals surface area (Å²) >= 11 is 0. The smallest absolute Gasteiger partial charge is 0.236 e. The quantitative estimate of drug-likeness (QED) is 0.829. The van der Waals surface area contributed by atoms with Crippen LogP contribution in [0.5, 0.6) is 0 Å². The predicted molar refractivity (Wildman–Crippen MR) is 74.3 cm³/mol. The number of aromatic nitrogens is 1. The second kappa shape index (κ2) is 6.63. The van der Waals surface area contributed by atoms with Gasteiger partial charge in [0.15, 0.2) is 0 Å². The standard InChI is InChI=1S/C14H22N4O/c1-11(15)14(19)17-13-4-7-18(8-5-13)10-12-3-2-6-16-9-12/h2-3,6,9,11,13H,4-5,7-8,10,15H2,1H3,(H,17,19)/t11-/m1/s1. The molecule has 1 atom stereocenters. The van der Waals surface area contributed by atoms with Gasteiger partial charge in [0.25, 0.3) is 0 Å². The van der Waals surface area contributed by atoms with Crippen molar-refractivity contribution in [1.82, 2.24) is 15.2 Å². The topological polar surface area (TPSA) is 71.2 Å². The van der Waals surface area contributed by atoms with Crippen molar-refractivity contribution in [3.63, 3.8) is 0 Å². The van der Waals surface area contributed by atoms with E-state index < -0.39 is 6.04 Å². The molecule has 5 nitrogen and oxygen atoms in total. The Morgan fingerprint density at radius 1 is 1.58 bits per heavy atom. The van der Waals surface area contributed by atoms with Crippen molar-refractivity contribution in [1.29, 1.82) is 0 Å². The van der Waals surface area contributed by atoms with Gasteiger partial charge in [0.1, 0.15) is 0 Å². The number of nitrogens with two attached hydrogens (primary N) is 1. The number of hydrogen-bond donors (Lipinski definition) is 2. The molecule has 0 bridgehead atoms. The summed E-state index contributed by atoms with van der Waals surface area (Å²) in [5, 5.41) is 3.00. The summed E-state index contributed by atoms with van der Waals surface area (Å²) in [5.74, 6) is -0.0503. The third-order valence-corrected chi connectivity index (χ3v) is 3.48. The molecule has 0 aromatic carbocycles. The van der Waals surface area contributed by atoms with Gasteiger partial charge in [0.2, 0.25) is 5.91 Å². The molecule has 104 valence electrons. The van der Waals surface area contributed by atoms with Crippen LogP contribution in [0.3, 0.4) is 0 Å². The van der Waals surface area contributed by atoms with Gasteiger partial charge in [0.05, 0.1) is 6.04 Å². The van der Waals surface area contributed by atoms with E-state index in [-0.39, 0.29) is 11.9 Å². The van der Waals surface area contributed by atoms with Gasteiger partial charge in [0, 0.05) is 38.1 Å². The Hall–Kier alpha value is -1.46. The minimum atomic E-state index is -0.423. The number of piperidine rings is 1. The van der Waals surface area contributed by atoms with Gasteiger partial charge in [-0.25, -0.2) is 0 Å². The molecule has 0 radical (unpaired) electrons. The van der Waals surface area contributed by atoms with Gasteiger partial charge in [-0.2, -0.15) is 0 Å². The molecule has 2 heterocycles. The van der Waals surface area contributed by atoms with E-state index in [1.165, 1.54) is 5.56 Å². The van der Waals surface area contributed by atoms with Crippen LogP contribution in [-0.4, -0.2) is 41.0 Å². The van der Waals surface area contributed by atoms with Gasteiger partial charge in [-0.15, -0.1) is 0 Å². The Labute approximate surface area is 114 Å². The Bertz CT molecular complexity index is 399. The third kappa shape index (κ3) is 4.29. The zero-order valence-electron chi connectivity index (χ0n) is 11.4. The summed E-state index contributed by atoms with van der Waals surface area (Å²) in [4.78, 5) is 18.0. The number of nitrogens with one attached hydrogen (secondary N) is 1. The van der Waals surface area contributed by atoms with E-state index in [4.69, 9.17) is 5.73 Å². The average molecular weight is 262 g/mol. The summed E-state index contributed by atoms with van der Waals surface area (Å²) in [6.45, 7) is 4.65. The van der Waals surface area contributed by atoms with Crippen LogP contribution in [0.4, 0.5) is 0 Å². The molecule has 1 fully saturated rings. The first-order valence-electron chi connectivity index (χ1n) is 6.82. The van der Waals surface area contributed by atoms with Crippen LogP contribution in [0.15, 0.2) is 24.5 Å². The molecule has 1 aliphatic rings. The number of likely N-dealkylation sites (tertiary alicyclic amines) is 1. The second-order valence-electron chi connectivity index (χ2n) is 5.21. The zero-order valence-corrected chi connectivity index (χ0v) is 11.4. The van der Waals surface area contributed by atoms with Gasteiger partial charge in [-0.05, 0) is 31.4 Å². The van der Waals surface area contributed by atoms with Crippen molar-refractivity contribution in [2.45, 2.75) is 38.4 Å². The predicted octanol–water partition coefficient (Wildman–Crippen LogP) is 0.509. The lowest BCUT2D eigenvalue weighted by molar-refractivity contribution is -0.123. The molecule has 1 aromatic rings. The van der Waals surface area contributed by atoms with E-state index in [1.54, 1.807) is 13.1 Å². The van der Waals surface area contributed by atoms with E-state index in [0.29, 0.717) is 0 Å². The van der Waals surface area contributed by atoms with Crippen molar-refractivity contribution in [2.24, 2.45) is 5.73 Å². The maximum atomic E-state index is 11.5. The van der Waals surface area contributed by atoms with E-state index >= 15 is 0 Å². The zero-order chi connectivity index (χ0) is 13.7. The Balaban J connectivity index is 1.75. The summed E-state index contributed by atoms with van der Waals surface area (Å²) in [6.07, 6.45) is 5.67. The molecule has 1 amide bonds. The largest absolute Gasteiger partial charge is 0.352 e. The van der Waals surface area contributed by atoms with E-state index in [1.807, 2.05) is 12.3 Å². The molecule has 0 aliphatic carbocycles. The number of pyridine rings is 1. The first-order chi connectivity index (χ1) is 9.15. The highest BCUT2D eigenvalue weighted by Gasteiger charge is 2.21. The highest BCUT2D eigenvalue weighted by Crippen LogP contribution is 2.13. The molecular weight excluding hydrogens is 240 g/mol. The monoisotopic (exact) mass is 262 g/mol. The average Bonchev–Trinajstić information content (AvgIpc) is 2.42. The van der Waals surface area contributed by atoms with E-state index in [9.17, 15) is 4.79 Å². The van der Waals surface area contributed by atoms with Gasteiger partial charge >= 0.3 is 0 Å². The van der Waals surface area contributed by atoms with Crippen molar-refractivity contribution in [3.05, 3.63) is 30.1 Å². The molecule has 1 aromatic heterocycles. The molecular formula is C14H22N4O. The van der Waals surface area contributed by atoms with Crippen LogP contribution < -0.4 is 11.1 Å². The summed E-state index contributed by atoms with van der Waals surface area (Å²) in [5.41, 5.74) is 6.79. The molecule has 0 unspecified atom stereocenters. The highest BCUT2D eigenvalue weighted by molar-refractivity contribution is 5.81. The normalized spacial score (nSPS) is 19.1. The van der Waals surface area contributed by atoms with Crippen LogP contribution in [0.2, 0.25) is 0 Å². The Morgan fingerprint density at radius 3 is 2.89 bits per heavy atom. The maximum absolute atomic E-state index is 11.5. The fourth-order valence-electron chi connectivity index (χ4n) is 2.32. The summed E-state index contributed by atoms with van der Waals surface area (Å²) in [7, 11) is 0. The summed E-state index contributed by atoms with van der Waals surface area (Å²) in [6, 6.07) is 3.90. The fourth-order valence-corrected chi connectivity index (χ4v) is 2.32. The Morgan fingerprint density at radius 2 is 2.32 bits per heavy atom. The third-order valence-electron chi connectivity index (χ3n) is 3.48. The number of hydrogen-bond acceptors (Lipinski definition) is 4. The van der Waals surface area contributed by atoms with Crippen molar-refractivity contribution >= 4 is 5.91 Å². The van der Waals surface area contributed by atoms with Crippen molar-refractivity contribution < 1.29 is 4.79 Å². The number of rotatable bonds is 4. The first kappa shape index (κ1) is 14.0. The number of carbonyl (C=O) groups excluding carboxylic acids is 1. The molecule has 3 N–H and O–H groups in total. The molecule has 2 rings (SSSR count). The molecule has 0 spiro atoms. The van der Waals surface area contributed by atoms with Gasteiger partial charge in [-0.3, -0.25) is 14.7 Å². The van der Waals surface area contributed by atoms with Crippen LogP contribution in [0, 0.1) is 0 Å². The van der Waals surface area contributed by atoms with E-state index in [2.05, 4.69) is 21.3 Å². The molecule has 19 heavy (non-hydrogen) atoms. The van der Waals surface area contributed by atoms with Crippen LogP contribution >= 0.6 is 0 Å². The molecule has 1 saturated heterocycles. The van der Waals surface area contributed by atoms with Crippen molar-refractivity contribution in [3.8, 4) is 0 Å². The van der Waals surface area contributed by atoms with Crippen molar-refractivity contribution in [2.75, 3.05) is 13.1 Å². The first-order valence-corrected chi connectivity index (χ1v) is 6.82. The highest BCUT2D eigenvalue weighted by atomic mass is 16.2. The van der Waals surface area contributed by atoms with Gasteiger partial charge in [-0.1, -0.05) is 6.07 Å². The van der Waals surface area contributed by atoms with Crippen LogP contribution in [-0.2, 0) is 11.3 Å². The maximum Gasteiger partial charge on any atom is 0.236 e. The lowest BCUT2D eigenvalue weighted by Gasteiger charge is -2.32. The minimum absolute atomic E-state index is 0.0503. The second-order valence-corrected chi connectivity index (χ2v) is 5.21. The van der Waals surface area contributed by atoms with Crippen LogP contribution in [0.25, 0.3) is 0 Å².